The molecule has 1 aromatic heterocycles. The molecule has 88 valence electrons. The Hall–Kier alpha value is -2.17. The maximum atomic E-state index is 12.9. The van der Waals surface area contributed by atoms with Crippen LogP contribution < -0.4 is 5.32 Å². The molecule has 5 heteroatoms. The van der Waals surface area contributed by atoms with Gasteiger partial charge in [0.15, 0.2) is 0 Å². The lowest BCUT2D eigenvalue weighted by molar-refractivity contribution is 0.101. The van der Waals surface area contributed by atoms with Crippen molar-refractivity contribution in [1.82, 2.24) is 9.78 Å². The molecule has 0 fully saturated rings. The first-order valence-electron chi connectivity index (χ1n) is 5.14. The normalized spacial score (nSPS) is 10.3. The number of benzene rings is 1. The molecule has 0 aliphatic rings. The average Bonchev–Trinajstić information content (AvgIpc) is 2.58. The van der Waals surface area contributed by atoms with Crippen molar-refractivity contribution in [1.29, 1.82) is 0 Å². The summed E-state index contributed by atoms with van der Waals surface area (Å²) >= 11 is 0. The van der Waals surface area contributed by atoms with Crippen LogP contribution in [0.5, 0.6) is 0 Å². The lowest BCUT2D eigenvalue weighted by Gasteiger charge is -2.04. The first-order valence-corrected chi connectivity index (χ1v) is 5.14. The van der Waals surface area contributed by atoms with Gasteiger partial charge >= 0.3 is 0 Å². The number of carbonyl (C=O) groups excluding carboxylic acids is 1. The molecule has 4 nitrogen and oxygen atoms in total. The Kier molecular flexibility index (Phi) is 2.91. The van der Waals surface area contributed by atoms with Gasteiger partial charge in [-0.05, 0) is 31.2 Å². The Morgan fingerprint density at radius 3 is 2.76 bits per heavy atom. The highest BCUT2D eigenvalue weighted by Crippen LogP contribution is 2.11. The minimum Gasteiger partial charge on any atom is -0.321 e. The van der Waals surface area contributed by atoms with Crippen molar-refractivity contribution >= 4 is 11.6 Å². The van der Waals surface area contributed by atoms with Crippen LogP contribution in [0, 0.1) is 12.7 Å². The number of halogens is 1. The van der Waals surface area contributed by atoms with E-state index in [9.17, 15) is 9.18 Å². The summed E-state index contributed by atoms with van der Waals surface area (Å²) < 4.78 is 14.4. The van der Waals surface area contributed by atoms with Gasteiger partial charge in [0.2, 0.25) is 0 Å². The predicted octanol–water partition coefficient (Wildman–Crippen LogP) is 2.12. The maximum absolute atomic E-state index is 12.9. The Morgan fingerprint density at radius 2 is 2.18 bits per heavy atom. The van der Waals surface area contributed by atoms with E-state index in [2.05, 4.69) is 10.4 Å². The first kappa shape index (κ1) is 11.3. The van der Waals surface area contributed by atoms with E-state index in [1.807, 2.05) is 0 Å². The van der Waals surface area contributed by atoms with Crippen LogP contribution in [0.3, 0.4) is 0 Å². The van der Waals surface area contributed by atoms with Crippen LogP contribution in [0.2, 0.25) is 0 Å². The van der Waals surface area contributed by atoms with Crippen LogP contribution in [0.25, 0.3) is 0 Å². The summed E-state index contributed by atoms with van der Waals surface area (Å²) in [7, 11) is 1.69. The molecular formula is C12H12FN3O. The molecule has 0 saturated carbocycles. The van der Waals surface area contributed by atoms with Gasteiger partial charge in [-0.3, -0.25) is 9.48 Å². The second kappa shape index (κ2) is 4.37. The van der Waals surface area contributed by atoms with Gasteiger partial charge in [-0.15, -0.1) is 0 Å². The van der Waals surface area contributed by atoms with Crippen molar-refractivity contribution < 1.29 is 9.18 Å². The van der Waals surface area contributed by atoms with E-state index in [1.165, 1.54) is 16.8 Å². The van der Waals surface area contributed by atoms with Gasteiger partial charge in [-0.1, -0.05) is 6.07 Å². The zero-order chi connectivity index (χ0) is 12.4. The third-order valence-electron chi connectivity index (χ3n) is 2.32. The maximum Gasteiger partial charge on any atom is 0.273 e. The zero-order valence-electron chi connectivity index (χ0n) is 9.57. The summed E-state index contributed by atoms with van der Waals surface area (Å²) in [6, 6.07) is 7.43. The number of carbonyl (C=O) groups is 1. The van der Waals surface area contributed by atoms with Crippen LogP contribution in [0.4, 0.5) is 10.1 Å². The number of hydrogen-bond donors (Lipinski definition) is 1. The van der Waals surface area contributed by atoms with Crippen molar-refractivity contribution in [3.05, 3.63) is 47.5 Å². The summed E-state index contributed by atoms with van der Waals surface area (Å²) in [5.41, 5.74) is 1.62. The lowest BCUT2D eigenvalue weighted by Crippen LogP contribution is -2.16. The number of anilines is 1. The number of rotatable bonds is 2. The number of aryl methyl sites for hydroxylation is 2. The van der Waals surface area contributed by atoms with Gasteiger partial charge in [0, 0.05) is 12.7 Å². The summed E-state index contributed by atoms with van der Waals surface area (Å²) in [6.45, 7) is 1.80. The zero-order valence-corrected chi connectivity index (χ0v) is 9.57. The van der Waals surface area contributed by atoms with E-state index >= 15 is 0 Å². The fourth-order valence-corrected chi connectivity index (χ4v) is 1.58. The molecule has 2 aromatic rings. The molecule has 1 aromatic carbocycles. The third kappa shape index (κ3) is 2.50. The number of aromatic nitrogens is 2. The molecule has 0 saturated heterocycles. The average molecular weight is 233 g/mol. The van der Waals surface area contributed by atoms with Crippen molar-refractivity contribution in [2.45, 2.75) is 6.92 Å². The summed E-state index contributed by atoms with van der Waals surface area (Å²) in [5, 5.41) is 6.69. The van der Waals surface area contributed by atoms with Crippen molar-refractivity contribution in [3.8, 4) is 0 Å². The molecule has 1 N–H and O–H groups in total. The van der Waals surface area contributed by atoms with E-state index in [1.54, 1.807) is 32.2 Å². The molecule has 0 spiro atoms. The summed E-state index contributed by atoms with van der Waals surface area (Å²) in [6.07, 6.45) is 0. The largest absolute Gasteiger partial charge is 0.321 e. The molecule has 1 heterocycles. The highest BCUT2D eigenvalue weighted by molar-refractivity contribution is 6.03. The second-order valence-corrected chi connectivity index (χ2v) is 3.76. The molecule has 0 aliphatic heterocycles. The van der Waals surface area contributed by atoms with Crippen molar-refractivity contribution in [3.63, 3.8) is 0 Å². The van der Waals surface area contributed by atoms with Crippen LogP contribution in [-0.2, 0) is 7.05 Å². The summed E-state index contributed by atoms with van der Waals surface area (Å²) in [4.78, 5) is 11.9. The third-order valence-corrected chi connectivity index (χ3v) is 2.32. The molecule has 0 atom stereocenters. The topological polar surface area (TPSA) is 46.9 Å². The first-order chi connectivity index (χ1) is 8.06. The van der Waals surface area contributed by atoms with Crippen LogP contribution >= 0.6 is 0 Å². The molecule has 17 heavy (non-hydrogen) atoms. The fraction of sp³-hybridized carbons (Fsp3) is 0.167. The Balaban J connectivity index is 2.20. The lowest BCUT2D eigenvalue weighted by atomic mass is 10.3. The quantitative estimate of drug-likeness (QED) is 0.863. The number of nitrogens with zero attached hydrogens (tertiary/aromatic N) is 2. The van der Waals surface area contributed by atoms with E-state index in [-0.39, 0.29) is 11.7 Å². The Morgan fingerprint density at radius 1 is 1.41 bits per heavy atom. The monoisotopic (exact) mass is 233 g/mol. The number of hydrogen-bond acceptors (Lipinski definition) is 2. The smallest absolute Gasteiger partial charge is 0.273 e. The van der Waals surface area contributed by atoms with Gasteiger partial charge in [-0.2, -0.15) is 5.10 Å². The molecule has 0 bridgehead atoms. The van der Waals surface area contributed by atoms with Gasteiger partial charge in [-0.25, -0.2) is 4.39 Å². The number of nitrogens with one attached hydrogen (secondary N) is 1. The van der Waals surface area contributed by atoms with E-state index in [0.717, 1.165) is 5.69 Å². The molecule has 0 radical (unpaired) electrons. The minimum absolute atomic E-state index is 0.307. The van der Waals surface area contributed by atoms with Crippen LogP contribution in [-0.4, -0.2) is 15.7 Å². The predicted molar refractivity (Wildman–Crippen MR) is 62.3 cm³/mol. The van der Waals surface area contributed by atoms with Crippen molar-refractivity contribution in [2.75, 3.05) is 5.32 Å². The van der Waals surface area contributed by atoms with Gasteiger partial charge in [0.05, 0.1) is 5.69 Å². The SMILES string of the molecule is Cc1cc(C(=O)Nc2cccc(F)c2)n(C)n1. The van der Waals surface area contributed by atoms with Crippen molar-refractivity contribution in [2.24, 2.45) is 7.05 Å². The van der Waals surface area contributed by atoms with Crippen LogP contribution in [0.1, 0.15) is 16.2 Å². The summed E-state index contributed by atoms with van der Waals surface area (Å²) in [5.74, 6) is -0.692. The molecule has 1 amide bonds. The molecular weight excluding hydrogens is 221 g/mol. The number of amides is 1. The molecule has 0 unspecified atom stereocenters. The van der Waals surface area contributed by atoms with E-state index < -0.39 is 0 Å². The Bertz CT molecular complexity index is 563. The molecule has 0 aliphatic carbocycles. The van der Waals surface area contributed by atoms with Crippen LogP contribution in [0.15, 0.2) is 30.3 Å². The standard InChI is InChI=1S/C12H12FN3O/c1-8-6-11(16(2)15-8)12(17)14-10-5-3-4-9(13)7-10/h3-7H,1-2H3,(H,14,17). The van der Waals surface area contributed by atoms with Gasteiger partial charge < -0.3 is 5.32 Å². The highest BCUT2D eigenvalue weighted by atomic mass is 19.1. The molecule has 2 rings (SSSR count). The van der Waals surface area contributed by atoms with E-state index in [0.29, 0.717) is 11.4 Å². The highest BCUT2D eigenvalue weighted by Gasteiger charge is 2.11. The van der Waals surface area contributed by atoms with E-state index in [4.69, 9.17) is 0 Å². The fourth-order valence-electron chi connectivity index (χ4n) is 1.58. The second-order valence-electron chi connectivity index (χ2n) is 3.76. The van der Waals surface area contributed by atoms with Gasteiger partial charge in [0.1, 0.15) is 11.5 Å². The Labute approximate surface area is 98.1 Å². The minimum atomic E-state index is -0.385. The van der Waals surface area contributed by atoms with Gasteiger partial charge in [0.25, 0.3) is 5.91 Å².